The van der Waals surface area contributed by atoms with Crippen LogP contribution < -0.4 is 9.92 Å². The van der Waals surface area contributed by atoms with E-state index in [1.165, 1.54) is 36.2 Å². The van der Waals surface area contributed by atoms with Crippen LogP contribution >= 0.6 is 0 Å². The number of guanidine groups is 1. The molecular formula is C24H22FN3O4S. The molecule has 1 amide bonds. The molecule has 0 aliphatic carbocycles. The van der Waals surface area contributed by atoms with E-state index < -0.39 is 15.7 Å². The Morgan fingerprint density at radius 1 is 1.03 bits per heavy atom. The third kappa shape index (κ3) is 4.07. The van der Waals surface area contributed by atoms with Gasteiger partial charge in [0.1, 0.15) is 11.6 Å². The molecule has 1 aliphatic rings. The summed E-state index contributed by atoms with van der Waals surface area (Å²) in [7, 11) is -2.17. The van der Waals surface area contributed by atoms with Gasteiger partial charge in [-0.15, -0.1) is 0 Å². The third-order valence-corrected chi connectivity index (χ3v) is 6.05. The minimum Gasteiger partial charge on any atom is -0.383 e. The summed E-state index contributed by atoms with van der Waals surface area (Å²) < 4.78 is 41.7. The smallest absolute Gasteiger partial charge is 0.306 e. The van der Waals surface area contributed by atoms with Crippen LogP contribution in [0.4, 0.5) is 4.39 Å². The Hall–Kier alpha value is -3.72. The first-order valence-corrected chi connectivity index (χ1v) is 11.8. The maximum atomic E-state index is 13.9. The number of carbonyl (C=O) groups excluding carboxylic acids is 1. The van der Waals surface area contributed by atoms with Gasteiger partial charge in [0.25, 0.3) is 5.91 Å². The van der Waals surface area contributed by atoms with Crippen LogP contribution in [0.15, 0.2) is 71.7 Å². The molecule has 1 atom stereocenters. The van der Waals surface area contributed by atoms with Gasteiger partial charge >= 0.3 is 10.1 Å². The van der Waals surface area contributed by atoms with E-state index in [1.807, 2.05) is 13.0 Å². The SMILES string of the molecule is Cc1ccc(F)cc1-c1cccc(C2(c3ccc(OS(C)(=O)=O)cc3)N=C(N)N(C)C2=O)c1. The summed E-state index contributed by atoms with van der Waals surface area (Å²) in [5.41, 5.74) is 7.85. The molecule has 3 aromatic carbocycles. The molecule has 1 aliphatic heterocycles. The summed E-state index contributed by atoms with van der Waals surface area (Å²) in [5, 5.41) is 0. The van der Waals surface area contributed by atoms with Gasteiger partial charge in [0, 0.05) is 7.05 Å². The lowest BCUT2D eigenvalue weighted by atomic mass is 9.81. The van der Waals surface area contributed by atoms with Crippen molar-refractivity contribution in [1.82, 2.24) is 4.90 Å². The van der Waals surface area contributed by atoms with Gasteiger partial charge in [-0.25, -0.2) is 9.38 Å². The summed E-state index contributed by atoms with van der Waals surface area (Å²) in [5.74, 6) is -0.582. The Morgan fingerprint density at radius 3 is 2.33 bits per heavy atom. The van der Waals surface area contributed by atoms with Crippen LogP contribution in [-0.2, 0) is 20.5 Å². The third-order valence-electron chi connectivity index (χ3n) is 5.55. The van der Waals surface area contributed by atoms with Gasteiger partial charge in [0.15, 0.2) is 11.5 Å². The predicted octanol–water partition coefficient (Wildman–Crippen LogP) is 3.17. The fourth-order valence-electron chi connectivity index (χ4n) is 3.93. The Morgan fingerprint density at radius 2 is 1.73 bits per heavy atom. The Balaban J connectivity index is 1.88. The molecule has 170 valence electrons. The molecule has 0 aromatic heterocycles. The fourth-order valence-corrected chi connectivity index (χ4v) is 4.39. The van der Waals surface area contributed by atoms with Crippen molar-refractivity contribution in [3.63, 3.8) is 0 Å². The summed E-state index contributed by atoms with van der Waals surface area (Å²) in [6.45, 7) is 1.88. The first kappa shape index (κ1) is 22.5. The van der Waals surface area contributed by atoms with Gasteiger partial charge in [-0.1, -0.05) is 36.4 Å². The van der Waals surface area contributed by atoms with Crippen molar-refractivity contribution >= 4 is 22.0 Å². The first-order valence-electron chi connectivity index (χ1n) is 10.0. The second-order valence-corrected chi connectivity index (χ2v) is 9.47. The summed E-state index contributed by atoms with van der Waals surface area (Å²) in [6, 6.07) is 17.7. The zero-order chi connectivity index (χ0) is 24.0. The minimum absolute atomic E-state index is 0.0452. The molecular weight excluding hydrogens is 445 g/mol. The maximum absolute atomic E-state index is 13.9. The standard InChI is InChI=1S/C24H22FN3O4S/c1-15-7-10-19(25)14-21(15)16-5-4-6-18(13-16)24(22(29)28(2)23(26)27-24)17-8-11-20(12-9-17)32-33(3,30)31/h4-14H,1-3H3,(H2,26,27). The number of aryl methyl sites for hydroxylation is 1. The van der Waals surface area contributed by atoms with Gasteiger partial charge in [-0.05, 0) is 65.1 Å². The number of nitrogens with two attached hydrogens (primary N) is 1. The molecule has 0 bridgehead atoms. The number of aliphatic imine (C=N–C) groups is 1. The molecule has 0 saturated heterocycles. The number of amides is 1. The first-order chi connectivity index (χ1) is 15.5. The Labute approximate surface area is 191 Å². The lowest BCUT2D eigenvalue weighted by Crippen LogP contribution is -2.41. The second kappa shape index (κ2) is 8.00. The van der Waals surface area contributed by atoms with Gasteiger partial charge in [0.05, 0.1) is 6.26 Å². The number of benzene rings is 3. The topological polar surface area (TPSA) is 102 Å². The normalized spacial score (nSPS) is 18.4. The highest BCUT2D eigenvalue weighted by Crippen LogP contribution is 2.41. The molecule has 3 aromatic rings. The lowest BCUT2D eigenvalue weighted by molar-refractivity contribution is -0.129. The Bertz CT molecular complexity index is 1390. The molecule has 1 unspecified atom stereocenters. The molecule has 0 radical (unpaired) electrons. The highest BCUT2D eigenvalue weighted by molar-refractivity contribution is 7.86. The lowest BCUT2D eigenvalue weighted by Gasteiger charge is -2.27. The highest BCUT2D eigenvalue weighted by atomic mass is 32.2. The maximum Gasteiger partial charge on any atom is 0.306 e. The van der Waals surface area contributed by atoms with Crippen LogP contribution in [0.3, 0.4) is 0 Å². The quantitative estimate of drug-likeness (QED) is 0.581. The van der Waals surface area contributed by atoms with E-state index in [-0.39, 0.29) is 23.4 Å². The fraction of sp³-hybridized carbons (Fsp3) is 0.167. The summed E-state index contributed by atoms with van der Waals surface area (Å²) in [4.78, 5) is 19.3. The molecule has 33 heavy (non-hydrogen) atoms. The van der Waals surface area contributed by atoms with Crippen molar-refractivity contribution in [3.8, 4) is 16.9 Å². The van der Waals surface area contributed by atoms with Crippen LogP contribution in [0, 0.1) is 12.7 Å². The van der Waals surface area contributed by atoms with Crippen molar-refractivity contribution in [2.24, 2.45) is 10.7 Å². The second-order valence-electron chi connectivity index (χ2n) is 7.90. The molecule has 2 N–H and O–H groups in total. The number of rotatable bonds is 5. The van der Waals surface area contributed by atoms with Crippen molar-refractivity contribution in [1.29, 1.82) is 0 Å². The van der Waals surface area contributed by atoms with Crippen LogP contribution in [0.1, 0.15) is 16.7 Å². The average molecular weight is 468 g/mol. The van der Waals surface area contributed by atoms with E-state index in [2.05, 4.69) is 4.99 Å². The average Bonchev–Trinajstić information content (AvgIpc) is 3.00. The zero-order valence-electron chi connectivity index (χ0n) is 18.2. The zero-order valence-corrected chi connectivity index (χ0v) is 19.1. The van der Waals surface area contributed by atoms with E-state index in [1.54, 1.807) is 36.4 Å². The van der Waals surface area contributed by atoms with Crippen molar-refractivity contribution in [2.45, 2.75) is 12.5 Å². The van der Waals surface area contributed by atoms with Gasteiger partial charge in [0.2, 0.25) is 0 Å². The van der Waals surface area contributed by atoms with E-state index in [0.717, 1.165) is 17.4 Å². The van der Waals surface area contributed by atoms with Gasteiger partial charge in [-0.2, -0.15) is 8.42 Å². The van der Waals surface area contributed by atoms with E-state index in [4.69, 9.17) is 9.92 Å². The monoisotopic (exact) mass is 467 g/mol. The number of carbonyl (C=O) groups is 1. The van der Waals surface area contributed by atoms with E-state index >= 15 is 0 Å². The molecule has 0 saturated carbocycles. The van der Waals surface area contributed by atoms with Crippen molar-refractivity contribution < 1.29 is 21.8 Å². The number of halogens is 1. The van der Waals surface area contributed by atoms with Crippen molar-refractivity contribution in [3.05, 3.63) is 89.2 Å². The summed E-state index contributed by atoms with van der Waals surface area (Å²) >= 11 is 0. The largest absolute Gasteiger partial charge is 0.383 e. The summed E-state index contributed by atoms with van der Waals surface area (Å²) in [6.07, 6.45) is 0.947. The van der Waals surface area contributed by atoms with Crippen LogP contribution in [0.2, 0.25) is 0 Å². The van der Waals surface area contributed by atoms with Crippen molar-refractivity contribution in [2.75, 3.05) is 13.3 Å². The van der Waals surface area contributed by atoms with Gasteiger partial charge < -0.3 is 9.92 Å². The molecule has 0 spiro atoms. The van der Waals surface area contributed by atoms with Crippen LogP contribution in [-0.4, -0.2) is 38.5 Å². The highest BCUT2D eigenvalue weighted by Gasteiger charge is 2.49. The molecule has 7 nitrogen and oxygen atoms in total. The molecule has 0 fully saturated rings. The number of nitrogens with zero attached hydrogens (tertiary/aromatic N) is 2. The van der Waals surface area contributed by atoms with Crippen LogP contribution in [0.5, 0.6) is 5.75 Å². The number of likely N-dealkylation sites (N-methyl/N-ethyl adjacent to an activating group) is 1. The van der Waals surface area contributed by atoms with Crippen LogP contribution in [0.25, 0.3) is 11.1 Å². The molecule has 1 heterocycles. The number of hydrogen-bond donors (Lipinski definition) is 1. The van der Waals surface area contributed by atoms with E-state index in [9.17, 15) is 17.6 Å². The molecule has 9 heteroatoms. The minimum atomic E-state index is -3.70. The molecule has 4 rings (SSSR count). The number of hydrogen-bond acceptors (Lipinski definition) is 6. The Kier molecular flexibility index (Phi) is 5.45. The van der Waals surface area contributed by atoms with Gasteiger partial charge in [-0.3, -0.25) is 9.69 Å². The van der Waals surface area contributed by atoms with E-state index in [0.29, 0.717) is 16.7 Å². The predicted molar refractivity (Wildman–Crippen MR) is 124 cm³/mol.